The molecule has 0 bridgehead atoms. The molecule has 0 heterocycles. The van der Waals surface area contributed by atoms with Crippen LogP contribution in [0.3, 0.4) is 0 Å². The largest absolute Gasteiger partial charge is 0.460 e. The summed E-state index contributed by atoms with van der Waals surface area (Å²) in [5.74, 6) is -47.1. The Morgan fingerprint density at radius 1 is 0.474 bits per heavy atom. The van der Waals surface area contributed by atoms with E-state index in [0.717, 1.165) is 0 Å². The zero-order chi connectivity index (χ0) is 31.1. The summed E-state index contributed by atoms with van der Waals surface area (Å²) in [6.45, 7) is -0.675. The van der Waals surface area contributed by atoms with Gasteiger partial charge in [-0.1, -0.05) is 0 Å². The molecule has 0 aromatic carbocycles. The Balaban J connectivity index is 5.58. The van der Waals surface area contributed by atoms with E-state index in [9.17, 15) is 88.6 Å². The van der Waals surface area contributed by atoms with Crippen LogP contribution >= 0.6 is 0 Å². The van der Waals surface area contributed by atoms with E-state index < -0.39 is 84.2 Å². The summed E-state index contributed by atoms with van der Waals surface area (Å²) in [7, 11) is 0. The summed E-state index contributed by atoms with van der Waals surface area (Å²) in [5.41, 5.74) is 0. The average Bonchev–Trinajstić information content (AvgIpc) is 2.69. The number of carbonyl (C=O) groups excluding carboxylic acids is 2. The number of rotatable bonds is 10. The fourth-order valence-electron chi connectivity index (χ4n) is 2.00. The van der Waals surface area contributed by atoms with E-state index in [1.54, 1.807) is 0 Å². The molecule has 0 aliphatic heterocycles. The number of esters is 2. The van der Waals surface area contributed by atoms with E-state index in [1.807, 2.05) is 0 Å². The van der Waals surface area contributed by atoms with Gasteiger partial charge in [0.05, 0.1) is 0 Å². The van der Waals surface area contributed by atoms with E-state index in [2.05, 4.69) is 9.47 Å². The van der Waals surface area contributed by atoms with Crippen molar-refractivity contribution in [2.24, 2.45) is 0 Å². The van der Waals surface area contributed by atoms with Crippen molar-refractivity contribution in [2.45, 2.75) is 73.9 Å². The smallest absolute Gasteiger partial charge is 0.453 e. The molecule has 0 aliphatic rings. The lowest BCUT2D eigenvalue weighted by Gasteiger charge is -2.36. The van der Waals surface area contributed by atoms with Crippen molar-refractivity contribution in [3.05, 3.63) is 12.2 Å². The van der Waals surface area contributed by atoms with Crippen LogP contribution in [-0.2, 0) is 19.1 Å². The van der Waals surface area contributed by atoms with Crippen molar-refractivity contribution >= 4 is 11.9 Å². The second-order valence-electron chi connectivity index (χ2n) is 7.03. The van der Waals surface area contributed by atoms with E-state index in [0.29, 0.717) is 0 Å². The second-order valence-corrected chi connectivity index (χ2v) is 7.03. The topological polar surface area (TPSA) is 52.6 Å². The molecule has 0 rings (SSSR count). The molecule has 0 saturated carbocycles. The maximum absolute atomic E-state index is 13.6. The SMILES string of the molecule is CC(OC(=O)/C=C/C(=O)OC(C)C(F)(F)C(F)(F)C(F)(F)C(F)(F)F)C(F)(F)C(F)(F)C(F)(F)C(F)(F)F. The van der Waals surface area contributed by atoms with Gasteiger partial charge in [0.25, 0.3) is 0 Å². The van der Waals surface area contributed by atoms with Gasteiger partial charge in [0.1, 0.15) is 0 Å². The van der Waals surface area contributed by atoms with Gasteiger partial charge in [0.2, 0.25) is 0 Å². The summed E-state index contributed by atoms with van der Waals surface area (Å²) in [6.07, 6.45) is -23.2. The fourth-order valence-corrected chi connectivity index (χ4v) is 2.00. The summed E-state index contributed by atoms with van der Waals surface area (Å²) in [4.78, 5) is 22.5. The van der Waals surface area contributed by atoms with E-state index in [4.69, 9.17) is 0 Å². The molecule has 4 nitrogen and oxygen atoms in total. The van der Waals surface area contributed by atoms with Crippen molar-refractivity contribution in [3.63, 3.8) is 0 Å². The van der Waals surface area contributed by atoms with E-state index >= 15 is 0 Å². The highest BCUT2D eigenvalue weighted by Gasteiger charge is 2.84. The van der Waals surface area contributed by atoms with Crippen LogP contribution in [0.25, 0.3) is 0 Å². The highest BCUT2D eigenvalue weighted by atomic mass is 19.4. The number of carbonyl (C=O) groups is 2. The van der Waals surface area contributed by atoms with Crippen molar-refractivity contribution in [2.75, 3.05) is 0 Å². The van der Waals surface area contributed by atoms with Gasteiger partial charge < -0.3 is 9.47 Å². The number of hydrogen-bond acceptors (Lipinski definition) is 4. The Morgan fingerprint density at radius 2 is 0.684 bits per heavy atom. The monoisotopic (exact) mass is 608 g/mol. The maximum Gasteiger partial charge on any atom is 0.460 e. The molecule has 0 N–H and O–H groups in total. The van der Waals surface area contributed by atoms with Crippen LogP contribution in [0.15, 0.2) is 12.2 Å². The van der Waals surface area contributed by atoms with Crippen molar-refractivity contribution in [1.29, 1.82) is 0 Å². The van der Waals surface area contributed by atoms with Crippen LogP contribution in [0.4, 0.5) is 79.0 Å². The van der Waals surface area contributed by atoms with Crippen LogP contribution in [-0.4, -0.2) is 72.0 Å². The molecule has 0 radical (unpaired) electrons. The predicted molar refractivity (Wildman–Crippen MR) is 82.0 cm³/mol. The first-order chi connectivity index (χ1) is 16.3. The highest BCUT2D eigenvalue weighted by Crippen LogP contribution is 2.55. The molecule has 0 amide bonds. The average molecular weight is 608 g/mol. The zero-order valence-electron chi connectivity index (χ0n) is 17.7. The van der Waals surface area contributed by atoms with E-state index in [1.165, 1.54) is 0 Å². The van der Waals surface area contributed by atoms with Gasteiger partial charge in [-0.2, -0.15) is 79.0 Å². The van der Waals surface area contributed by atoms with Crippen LogP contribution < -0.4 is 0 Å². The van der Waals surface area contributed by atoms with Crippen molar-refractivity contribution in [1.82, 2.24) is 0 Å². The third-order valence-electron chi connectivity index (χ3n) is 4.30. The predicted octanol–water partition coefficient (Wildman–Crippen LogP) is 6.34. The van der Waals surface area contributed by atoms with Gasteiger partial charge in [-0.15, -0.1) is 0 Å². The van der Waals surface area contributed by atoms with Crippen molar-refractivity contribution in [3.8, 4) is 0 Å². The van der Waals surface area contributed by atoms with Crippen LogP contribution in [0.2, 0.25) is 0 Å². The minimum atomic E-state index is -7.38. The molecule has 0 saturated heterocycles. The molecular formula is C16H10F18O4. The fraction of sp³-hybridized carbons (Fsp3) is 0.750. The Bertz CT molecular complexity index is 829. The molecule has 0 spiro atoms. The Kier molecular flexibility index (Phi) is 9.50. The minimum absolute atomic E-state index is 0.337. The molecule has 22 heteroatoms. The first-order valence-electron chi connectivity index (χ1n) is 8.83. The zero-order valence-corrected chi connectivity index (χ0v) is 17.7. The summed E-state index contributed by atoms with van der Waals surface area (Å²) < 4.78 is 238. The van der Waals surface area contributed by atoms with Gasteiger partial charge >= 0.3 is 59.8 Å². The lowest BCUT2D eigenvalue weighted by molar-refractivity contribution is -0.404. The standard InChI is InChI=1S/C16H10F18O4/c1-5(9(17,18)11(21,22)13(25,26)15(29,30)31)37-7(35)3-4-8(36)38-6(2)10(19,20)12(23,24)14(27,28)16(32,33)34/h3-6H,1-2H3/b4-3+. The van der Waals surface area contributed by atoms with Crippen LogP contribution in [0.1, 0.15) is 13.8 Å². The first-order valence-corrected chi connectivity index (χ1v) is 8.83. The van der Waals surface area contributed by atoms with Crippen LogP contribution in [0.5, 0.6) is 0 Å². The molecule has 38 heavy (non-hydrogen) atoms. The van der Waals surface area contributed by atoms with Gasteiger partial charge in [-0.25, -0.2) is 9.59 Å². The molecule has 2 atom stereocenters. The van der Waals surface area contributed by atoms with Crippen LogP contribution in [0, 0.1) is 0 Å². The normalized spacial score (nSPS) is 16.8. The number of ether oxygens (including phenoxy) is 2. The molecule has 0 fully saturated rings. The number of alkyl halides is 18. The van der Waals surface area contributed by atoms with Gasteiger partial charge in [-0.3, -0.25) is 0 Å². The quantitative estimate of drug-likeness (QED) is 0.165. The third kappa shape index (κ3) is 6.01. The second kappa shape index (κ2) is 10.2. The molecular weight excluding hydrogens is 598 g/mol. The lowest BCUT2D eigenvalue weighted by Crippen LogP contribution is -2.64. The maximum atomic E-state index is 13.6. The molecule has 0 aromatic heterocycles. The van der Waals surface area contributed by atoms with E-state index in [-0.39, 0.29) is 13.8 Å². The summed E-state index contributed by atoms with van der Waals surface area (Å²) in [6, 6.07) is 0. The molecule has 2 unspecified atom stereocenters. The Hall–Kier alpha value is -2.58. The summed E-state index contributed by atoms with van der Waals surface area (Å²) >= 11 is 0. The summed E-state index contributed by atoms with van der Waals surface area (Å²) in [5, 5.41) is 0. The highest BCUT2D eigenvalue weighted by molar-refractivity contribution is 5.91. The van der Waals surface area contributed by atoms with Crippen molar-refractivity contribution < 1.29 is 98.1 Å². The first kappa shape index (κ1) is 35.4. The minimum Gasteiger partial charge on any atom is -0.453 e. The lowest BCUT2D eigenvalue weighted by atomic mass is 10.00. The number of halogens is 18. The molecule has 0 aliphatic carbocycles. The Labute approximate surface area is 197 Å². The number of hydrogen-bond donors (Lipinski definition) is 0. The van der Waals surface area contributed by atoms with Gasteiger partial charge in [0, 0.05) is 12.2 Å². The molecule has 0 aromatic rings. The Morgan fingerprint density at radius 3 is 0.868 bits per heavy atom. The molecule has 224 valence electrons. The van der Waals surface area contributed by atoms with Gasteiger partial charge in [0.15, 0.2) is 12.2 Å². The van der Waals surface area contributed by atoms with Gasteiger partial charge in [-0.05, 0) is 13.8 Å². The third-order valence-corrected chi connectivity index (χ3v) is 4.30.